The number of hydrogen-bond donors (Lipinski definition) is 0. The lowest BCUT2D eigenvalue weighted by Crippen LogP contribution is -1.92. The third kappa shape index (κ3) is 4.56. The average Bonchev–Trinajstić information content (AvgIpc) is 2.38. The van der Waals surface area contributed by atoms with Crippen molar-refractivity contribution >= 4 is 5.78 Å². The predicted octanol–water partition coefficient (Wildman–Crippen LogP) is 2.87. The van der Waals surface area contributed by atoms with Crippen LogP contribution in [0.1, 0.15) is 44.9 Å². The van der Waals surface area contributed by atoms with Gasteiger partial charge in [0.25, 0.3) is 0 Å². The zero-order valence-corrected chi connectivity index (χ0v) is 9.05. The number of hydrogen-bond acceptors (Lipinski definition) is 2. The fourth-order valence-electron chi connectivity index (χ4n) is 1.82. The summed E-state index contributed by atoms with van der Waals surface area (Å²) >= 11 is 0. The van der Waals surface area contributed by atoms with Gasteiger partial charge in [0.2, 0.25) is 0 Å². The Hall–Kier alpha value is -0.630. The van der Waals surface area contributed by atoms with Crippen LogP contribution in [0, 0.1) is 0 Å². The molecule has 0 fully saturated rings. The number of rotatable bonds is 5. The van der Waals surface area contributed by atoms with E-state index < -0.39 is 0 Å². The van der Waals surface area contributed by atoms with Gasteiger partial charge in [0.1, 0.15) is 0 Å². The van der Waals surface area contributed by atoms with E-state index in [0.29, 0.717) is 5.78 Å². The van der Waals surface area contributed by atoms with Gasteiger partial charge in [-0.15, -0.1) is 0 Å². The lowest BCUT2D eigenvalue weighted by Gasteiger charge is -2.03. The Balaban J connectivity index is 2.24. The summed E-state index contributed by atoms with van der Waals surface area (Å²) in [4.78, 5) is 11.3. The molecule has 0 aromatic rings. The molecule has 0 heterocycles. The molecule has 0 atom stereocenters. The molecule has 0 amide bonds. The molecule has 0 bridgehead atoms. The van der Waals surface area contributed by atoms with E-state index in [-0.39, 0.29) is 0 Å². The van der Waals surface area contributed by atoms with Crippen LogP contribution >= 0.6 is 0 Å². The van der Waals surface area contributed by atoms with Gasteiger partial charge < -0.3 is 4.74 Å². The first-order valence-corrected chi connectivity index (χ1v) is 5.54. The maximum absolute atomic E-state index is 11.3. The minimum absolute atomic E-state index is 0.323. The van der Waals surface area contributed by atoms with E-state index in [4.69, 9.17) is 4.74 Å². The summed E-state index contributed by atoms with van der Waals surface area (Å²) < 4.78 is 4.99. The molecule has 1 aliphatic rings. The Morgan fingerprint density at radius 2 is 2.07 bits per heavy atom. The number of carbonyl (C=O) groups is 1. The zero-order valence-electron chi connectivity index (χ0n) is 9.05. The number of carbonyl (C=O) groups excluding carboxylic acids is 1. The van der Waals surface area contributed by atoms with Gasteiger partial charge in [0.15, 0.2) is 5.78 Å². The standard InChI is InChI=1S/C12H20O2/c1-14-9-5-4-7-11-6-2-3-8-12(13)10-11/h10H,2-9H2,1H3. The largest absolute Gasteiger partial charge is 0.385 e. The van der Waals surface area contributed by atoms with Gasteiger partial charge in [-0.05, 0) is 44.6 Å². The second-order valence-electron chi connectivity index (χ2n) is 3.93. The third-order valence-corrected chi connectivity index (χ3v) is 2.63. The quantitative estimate of drug-likeness (QED) is 0.632. The summed E-state index contributed by atoms with van der Waals surface area (Å²) in [6.07, 6.45) is 9.32. The van der Waals surface area contributed by atoms with Crippen molar-refractivity contribution in [3.05, 3.63) is 11.6 Å². The number of allylic oxidation sites excluding steroid dienone is 2. The van der Waals surface area contributed by atoms with Crippen LogP contribution in [0.15, 0.2) is 11.6 Å². The minimum Gasteiger partial charge on any atom is -0.385 e. The molecule has 0 unspecified atom stereocenters. The number of ketones is 1. The van der Waals surface area contributed by atoms with Gasteiger partial charge in [-0.3, -0.25) is 4.79 Å². The number of ether oxygens (including phenoxy) is 1. The Morgan fingerprint density at radius 3 is 2.86 bits per heavy atom. The summed E-state index contributed by atoms with van der Waals surface area (Å²) in [5.74, 6) is 0.323. The normalized spacial score (nSPS) is 17.8. The van der Waals surface area contributed by atoms with E-state index in [9.17, 15) is 4.79 Å². The Bertz CT molecular complexity index is 206. The number of methoxy groups -OCH3 is 1. The molecule has 2 heteroatoms. The predicted molar refractivity (Wildman–Crippen MR) is 57.3 cm³/mol. The Labute approximate surface area is 86.3 Å². The van der Waals surface area contributed by atoms with Crippen molar-refractivity contribution < 1.29 is 9.53 Å². The lowest BCUT2D eigenvalue weighted by molar-refractivity contribution is -0.114. The molecule has 14 heavy (non-hydrogen) atoms. The molecule has 1 aliphatic carbocycles. The molecular formula is C12H20O2. The van der Waals surface area contributed by atoms with E-state index in [0.717, 1.165) is 45.1 Å². The SMILES string of the molecule is COCCCCC1=CC(=O)CCCC1. The molecule has 0 aromatic heterocycles. The van der Waals surface area contributed by atoms with Gasteiger partial charge in [0, 0.05) is 20.1 Å². The van der Waals surface area contributed by atoms with E-state index >= 15 is 0 Å². The molecule has 0 aromatic carbocycles. The maximum atomic E-state index is 11.3. The van der Waals surface area contributed by atoms with Gasteiger partial charge in [-0.25, -0.2) is 0 Å². The van der Waals surface area contributed by atoms with Gasteiger partial charge >= 0.3 is 0 Å². The van der Waals surface area contributed by atoms with Crippen LogP contribution in [-0.4, -0.2) is 19.5 Å². The van der Waals surface area contributed by atoms with Crippen molar-refractivity contribution in [3.8, 4) is 0 Å². The second kappa shape index (κ2) is 6.77. The molecule has 2 nitrogen and oxygen atoms in total. The Kier molecular flexibility index (Phi) is 5.53. The highest BCUT2D eigenvalue weighted by Gasteiger charge is 2.07. The van der Waals surface area contributed by atoms with Gasteiger partial charge in [-0.1, -0.05) is 5.57 Å². The van der Waals surface area contributed by atoms with Crippen molar-refractivity contribution in [2.45, 2.75) is 44.9 Å². The molecular weight excluding hydrogens is 176 g/mol. The highest BCUT2D eigenvalue weighted by atomic mass is 16.5. The van der Waals surface area contributed by atoms with E-state index in [2.05, 4.69) is 0 Å². The summed E-state index contributed by atoms with van der Waals surface area (Å²) in [5, 5.41) is 0. The molecule has 1 rings (SSSR count). The van der Waals surface area contributed by atoms with Crippen LogP contribution in [0.2, 0.25) is 0 Å². The van der Waals surface area contributed by atoms with Crippen LogP contribution in [0.25, 0.3) is 0 Å². The van der Waals surface area contributed by atoms with E-state index in [1.807, 2.05) is 6.08 Å². The summed E-state index contributed by atoms with van der Waals surface area (Å²) in [5.41, 5.74) is 1.35. The van der Waals surface area contributed by atoms with Crippen LogP contribution in [0.5, 0.6) is 0 Å². The topological polar surface area (TPSA) is 26.3 Å². The van der Waals surface area contributed by atoms with Crippen molar-refractivity contribution in [2.75, 3.05) is 13.7 Å². The molecule has 0 saturated heterocycles. The van der Waals surface area contributed by atoms with Gasteiger partial charge in [-0.2, -0.15) is 0 Å². The fourth-order valence-corrected chi connectivity index (χ4v) is 1.82. The highest BCUT2D eigenvalue weighted by molar-refractivity contribution is 5.90. The van der Waals surface area contributed by atoms with Crippen molar-refractivity contribution in [2.24, 2.45) is 0 Å². The first-order valence-electron chi connectivity index (χ1n) is 5.54. The zero-order chi connectivity index (χ0) is 10.2. The van der Waals surface area contributed by atoms with Crippen molar-refractivity contribution in [1.29, 1.82) is 0 Å². The van der Waals surface area contributed by atoms with Crippen LogP contribution < -0.4 is 0 Å². The van der Waals surface area contributed by atoms with Crippen LogP contribution in [-0.2, 0) is 9.53 Å². The second-order valence-corrected chi connectivity index (χ2v) is 3.93. The third-order valence-electron chi connectivity index (χ3n) is 2.63. The molecule has 80 valence electrons. The van der Waals surface area contributed by atoms with Crippen LogP contribution in [0.4, 0.5) is 0 Å². The maximum Gasteiger partial charge on any atom is 0.155 e. The van der Waals surface area contributed by atoms with Crippen molar-refractivity contribution in [1.82, 2.24) is 0 Å². The van der Waals surface area contributed by atoms with E-state index in [1.54, 1.807) is 7.11 Å². The molecule has 0 radical (unpaired) electrons. The minimum atomic E-state index is 0.323. The fraction of sp³-hybridized carbons (Fsp3) is 0.750. The first kappa shape index (κ1) is 11.4. The highest BCUT2D eigenvalue weighted by Crippen LogP contribution is 2.19. The smallest absolute Gasteiger partial charge is 0.155 e. The molecule has 0 saturated carbocycles. The van der Waals surface area contributed by atoms with Gasteiger partial charge in [0.05, 0.1) is 0 Å². The lowest BCUT2D eigenvalue weighted by atomic mass is 10.0. The van der Waals surface area contributed by atoms with Crippen molar-refractivity contribution in [3.63, 3.8) is 0 Å². The van der Waals surface area contributed by atoms with E-state index in [1.165, 1.54) is 12.0 Å². The Morgan fingerprint density at radius 1 is 1.29 bits per heavy atom. The summed E-state index contributed by atoms with van der Waals surface area (Å²) in [6.45, 7) is 0.835. The summed E-state index contributed by atoms with van der Waals surface area (Å²) in [7, 11) is 1.73. The number of unbranched alkanes of at least 4 members (excludes halogenated alkanes) is 1. The average molecular weight is 196 g/mol. The first-order chi connectivity index (χ1) is 6.83. The summed E-state index contributed by atoms with van der Waals surface area (Å²) in [6, 6.07) is 0. The molecule has 0 N–H and O–H groups in total. The van der Waals surface area contributed by atoms with Crippen LogP contribution in [0.3, 0.4) is 0 Å². The molecule has 0 aliphatic heterocycles. The monoisotopic (exact) mass is 196 g/mol. The molecule has 0 spiro atoms.